The van der Waals surface area contributed by atoms with Gasteiger partial charge < -0.3 is 0 Å². The van der Waals surface area contributed by atoms with Crippen molar-refractivity contribution in [2.24, 2.45) is 11.3 Å². The first-order valence-corrected chi connectivity index (χ1v) is 7.10. The lowest BCUT2D eigenvalue weighted by atomic mass is 9.65. The summed E-state index contributed by atoms with van der Waals surface area (Å²) in [5, 5.41) is 0. The molecule has 1 aliphatic rings. The quantitative estimate of drug-likeness (QED) is 0.728. The molecule has 0 aromatic carbocycles. The summed E-state index contributed by atoms with van der Waals surface area (Å²) in [6.07, 6.45) is 3.47. The number of alkyl halides is 2. The van der Waals surface area contributed by atoms with E-state index in [0.29, 0.717) is 12.8 Å². The van der Waals surface area contributed by atoms with Crippen LogP contribution < -0.4 is 0 Å². The Morgan fingerprint density at radius 3 is 2.11 bits per heavy atom. The van der Waals surface area contributed by atoms with Gasteiger partial charge in [-0.1, -0.05) is 33.1 Å². The molecule has 0 radical (unpaired) electrons. The summed E-state index contributed by atoms with van der Waals surface area (Å²) in [4.78, 5) is 24.2. The van der Waals surface area contributed by atoms with Gasteiger partial charge in [-0.25, -0.2) is 8.78 Å². The van der Waals surface area contributed by atoms with Crippen LogP contribution in [-0.4, -0.2) is 17.5 Å². The third-order valence-electron chi connectivity index (χ3n) is 3.90. The van der Waals surface area contributed by atoms with Crippen molar-refractivity contribution in [3.05, 3.63) is 0 Å². The fourth-order valence-electron chi connectivity index (χ4n) is 3.14. The second-order valence-corrected chi connectivity index (χ2v) is 6.32. The highest BCUT2D eigenvalue weighted by atomic mass is 19.3. The predicted octanol–water partition coefficient (Wildman–Crippen LogP) is 4.17. The van der Waals surface area contributed by atoms with Crippen LogP contribution in [0.4, 0.5) is 8.78 Å². The Labute approximate surface area is 113 Å². The molecule has 0 saturated heterocycles. The molecule has 1 aliphatic carbocycles. The fraction of sp³-hybridized carbons (Fsp3) is 0.867. The Hall–Kier alpha value is -0.800. The maximum Gasteiger partial charge on any atom is 0.252 e. The van der Waals surface area contributed by atoms with Crippen LogP contribution in [0.3, 0.4) is 0 Å². The van der Waals surface area contributed by atoms with E-state index in [4.69, 9.17) is 0 Å². The summed E-state index contributed by atoms with van der Waals surface area (Å²) >= 11 is 0. The van der Waals surface area contributed by atoms with Crippen LogP contribution in [0.5, 0.6) is 0 Å². The highest BCUT2D eigenvalue weighted by Gasteiger charge is 2.42. The molecule has 0 amide bonds. The summed E-state index contributed by atoms with van der Waals surface area (Å²) in [7, 11) is 0. The monoisotopic (exact) mass is 274 g/mol. The van der Waals surface area contributed by atoms with Crippen LogP contribution in [-0.2, 0) is 9.59 Å². The van der Waals surface area contributed by atoms with Gasteiger partial charge in [0.05, 0.1) is 6.42 Å². The van der Waals surface area contributed by atoms with Crippen molar-refractivity contribution < 1.29 is 18.4 Å². The van der Waals surface area contributed by atoms with E-state index < -0.39 is 23.5 Å². The maximum atomic E-state index is 12.9. The normalized spacial score (nSPS) is 19.5. The van der Waals surface area contributed by atoms with Crippen LogP contribution in [0.2, 0.25) is 0 Å². The molecule has 2 nitrogen and oxygen atoms in total. The van der Waals surface area contributed by atoms with Gasteiger partial charge in [-0.15, -0.1) is 0 Å². The van der Waals surface area contributed by atoms with Crippen molar-refractivity contribution >= 4 is 11.6 Å². The minimum Gasteiger partial charge on any atom is -0.299 e. The molecule has 0 N–H and O–H groups in total. The molecule has 0 atom stereocenters. The molecule has 1 saturated carbocycles. The van der Waals surface area contributed by atoms with Gasteiger partial charge in [-0.05, 0) is 19.8 Å². The van der Waals surface area contributed by atoms with Crippen LogP contribution >= 0.6 is 0 Å². The zero-order chi connectivity index (χ0) is 14.7. The average Bonchev–Trinajstić information content (AvgIpc) is 2.26. The lowest BCUT2D eigenvalue weighted by Gasteiger charge is -2.37. The van der Waals surface area contributed by atoms with Gasteiger partial charge in [0, 0.05) is 17.8 Å². The summed E-state index contributed by atoms with van der Waals surface area (Å²) < 4.78 is 25.8. The van der Waals surface area contributed by atoms with Crippen LogP contribution in [0, 0.1) is 11.3 Å². The largest absolute Gasteiger partial charge is 0.299 e. The Morgan fingerprint density at radius 2 is 1.68 bits per heavy atom. The molecule has 1 fully saturated rings. The smallest absolute Gasteiger partial charge is 0.252 e. The van der Waals surface area contributed by atoms with Crippen LogP contribution in [0.15, 0.2) is 0 Å². The molecule has 4 heteroatoms. The molecule has 0 spiro atoms. The van der Waals surface area contributed by atoms with E-state index in [9.17, 15) is 18.4 Å². The molecule has 0 aromatic heterocycles. The van der Waals surface area contributed by atoms with Crippen molar-refractivity contribution in [2.75, 3.05) is 0 Å². The number of carbonyl (C=O) groups excluding carboxylic acids is 2. The molecule has 19 heavy (non-hydrogen) atoms. The minimum absolute atomic E-state index is 0.00650. The number of Topliss-reactive ketones (excluding diaryl/α,β-unsaturated/α-hetero) is 2. The lowest BCUT2D eigenvalue weighted by Crippen LogP contribution is -2.39. The van der Waals surface area contributed by atoms with E-state index >= 15 is 0 Å². The highest BCUT2D eigenvalue weighted by Crippen LogP contribution is 2.42. The molecule has 0 heterocycles. The molecular formula is C15H24F2O2. The minimum atomic E-state index is -2.98. The van der Waals surface area contributed by atoms with Gasteiger partial charge in [-0.3, -0.25) is 9.59 Å². The summed E-state index contributed by atoms with van der Waals surface area (Å²) in [6.45, 7) is 4.39. The Kier molecular flexibility index (Phi) is 5.22. The zero-order valence-electron chi connectivity index (χ0n) is 12.1. The maximum absolute atomic E-state index is 12.9. The second kappa shape index (κ2) is 6.10. The van der Waals surface area contributed by atoms with Gasteiger partial charge in [0.1, 0.15) is 11.6 Å². The predicted molar refractivity (Wildman–Crippen MR) is 70.2 cm³/mol. The van der Waals surface area contributed by atoms with E-state index in [1.54, 1.807) is 0 Å². The van der Waals surface area contributed by atoms with E-state index in [0.717, 1.165) is 26.2 Å². The van der Waals surface area contributed by atoms with Gasteiger partial charge in [0.2, 0.25) is 0 Å². The first-order chi connectivity index (χ1) is 8.66. The molecule has 0 aromatic rings. The summed E-state index contributed by atoms with van der Waals surface area (Å²) in [6, 6.07) is 0. The molecular weight excluding hydrogens is 250 g/mol. The number of ketones is 2. The number of carbonyl (C=O) groups is 2. The van der Waals surface area contributed by atoms with Crippen molar-refractivity contribution in [3.8, 4) is 0 Å². The Bertz CT molecular complexity index is 337. The van der Waals surface area contributed by atoms with Gasteiger partial charge >= 0.3 is 0 Å². The fourth-order valence-corrected chi connectivity index (χ4v) is 3.14. The standard InChI is InChI=1S/C15H24F2O2/c1-11(2)13(19)15(7-5-4-6-8-15)10-12(18)9-14(3,16)17/h11H,4-10H2,1-3H3. The molecule has 0 unspecified atom stereocenters. The number of halogens is 2. The number of hydrogen-bond donors (Lipinski definition) is 0. The van der Waals surface area contributed by atoms with E-state index in [1.807, 2.05) is 13.8 Å². The topological polar surface area (TPSA) is 34.1 Å². The van der Waals surface area contributed by atoms with E-state index in [1.165, 1.54) is 0 Å². The van der Waals surface area contributed by atoms with Gasteiger partial charge in [0.25, 0.3) is 5.92 Å². The molecule has 0 aliphatic heterocycles. The third-order valence-corrected chi connectivity index (χ3v) is 3.90. The van der Waals surface area contributed by atoms with Gasteiger partial charge in [-0.2, -0.15) is 0 Å². The Morgan fingerprint density at radius 1 is 1.16 bits per heavy atom. The summed E-state index contributed by atoms with van der Waals surface area (Å²) in [5.41, 5.74) is -0.672. The van der Waals surface area contributed by atoms with E-state index in [-0.39, 0.29) is 18.1 Å². The van der Waals surface area contributed by atoms with Crippen LogP contribution in [0.25, 0.3) is 0 Å². The molecule has 1 rings (SSSR count). The zero-order valence-corrected chi connectivity index (χ0v) is 12.1. The first-order valence-electron chi connectivity index (χ1n) is 7.10. The average molecular weight is 274 g/mol. The molecule has 0 bridgehead atoms. The number of rotatable bonds is 6. The second-order valence-electron chi connectivity index (χ2n) is 6.32. The van der Waals surface area contributed by atoms with Crippen LogP contribution in [0.1, 0.15) is 65.7 Å². The number of hydrogen-bond acceptors (Lipinski definition) is 2. The van der Waals surface area contributed by atoms with Crippen molar-refractivity contribution in [1.29, 1.82) is 0 Å². The van der Waals surface area contributed by atoms with Crippen molar-refractivity contribution in [3.63, 3.8) is 0 Å². The Balaban J connectivity index is 2.81. The first kappa shape index (κ1) is 16.3. The lowest BCUT2D eigenvalue weighted by molar-refractivity contribution is -0.140. The molecule has 110 valence electrons. The summed E-state index contributed by atoms with van der Waals surface area (Å²) in [5.74, 6) is -3.54. The van der Waals surface area contributed by atoms with Crippen molar-refractivity contribution in [1.82, 2.24) is 0 Å². The SMILES string of the molecule is CC(C)C(=O)C1(CC(=O)CC(C)(F)F)CCCCC1. The third kappa shape index (κ3) is 4.66. The highest BCUT2D eigenvalue weighted by molar-refractivity contribution is 5.92. The van der Waals surface area contributed by atoms with E-state index in [2.05, 4.69) is 0 Å². The van der Waals surface area contributed by atoms with Gasteiger partial charge in [0.15, 0.2) is 0 Å². The van der Waals surface area contributed by atoms with Crippen molar-refractivity contribution in [2.45, 2.75) is 71.6 Å².